The Balaban J connectivity index is 1.89. The van der Waals surface area contributed by atoms with Crippen LogP contribution in [0.4, 0.5) is 13.2 Å². The number of carbonyl (C=O) groups is 1. The predicted octanol–water partition coefficient (Wildman–Crippen LogP) is 2.78. The molecule has 23 heavy (non-hydrogen) atoms. The molecule has 0 atom stereocenters. The third kappa shape index (κ3) is 2.78. The van der Waals surface area contributed by atoms with E-state index in [0.29, 0.717) is 22.2 Å². The van der Waals surface area contributed by atoms with Crippen molar-refractivity contribution in [2.75, 3.05) is 20.2 Å². The Morgan fingerprint density at radius 3 is 2.65 bits per heavy atom. The summed E-state index contributed by atoms with van der Waals surface area (Å²) in [5.74, 6) is -1.58. The first-order valence-corrected chi connectivity index (χ1v) is 7.03. The molecule has 3 rings (SSSR count). The molecule has 0 unspecified atom stereocenters. The van der Waals surface area contributed by atoms with Gasteiger partial charge in [0.25, 0.3) is 0 Å². The summed E-state index contributed by atoms with van der Waals surface area (Å²) in [5, 5.41) is 0.840. The number of ether oxygens (including phenoxy) is 1. The minimum Gasteiger partial charge on any atom is -0.496 e. The number of carbonyl (C=O) groups excluding carboxylic acids is 1. The Labute approximate surface area is 134 Å². The van der Waals surface area contributed by atoms with Gasteiger partial charge in [-0.15, -0.1) is 0 Å². The van der Waals surface area contributed by atoms with Crippen LogP contribution in [0, 0.1) is 0 Å². The molecular weight excluding hydrogens is 335 g/mol. The van der Waals surface area contributed by atoms with Gasteiger partial charge >= 0.3 is 12.1 Å². The molecule has 1 saturated heterocycles. The maximum atomic E-state index is 12.4. The maximum Gasteiger partial charge on any atom is 0.471 e. The van der Waals surface area contributed by atoms with E-state index in [2.05, 4.69) is 9.97 Å². The summed E-state index contributed by atoms with van der Waals surface area (Å²) >= 11 is 6.02. The second-order valence-electron chi connectivity index (χ2n) is 5.18. The van der Waals surface area contributed by atoms with Crippen LogP contribution in [0.25, 0.3) is 10.9 Å². The number of alkyl halides is 3. The molecular formula is C14H11ClF3N3O2. The Morgan fingerprint density at radius 1 is 1.35 bits per heavy atom. The second kappa shape index (κ2) is 5.52. The molecule has 122 valence electrons. The van der Waals surface area contributed by atoms with Crippen molar-refractivity contribution in [3.05, 3.63) is 29.2 Å². The van der Waals surface area contributed by atoms with E-state index in [1.54, 1.807) is 12.1 Å². The van der Waals surface area contributed by atoms with Gasteiger partial charge in [-0.1, -0.05) is 11.6 Å². The molecule has 5 nitrogen and oxygen atoms in total. The van der Waals surface area contributed by atoms with Crippen LogP contribution in [0.5, 0.6) is 5.75 Å². The van der Waals surface area contributed by atoms with Crippen LogP contribution in [0.3, 0.4) is 0 Å². The van der Waals surface area contributed by atoms with Gasteiger partial charge in [-0.3, -0.25) is 4.79 Å². The fourth-order valence-electron chi connectivity index (χ4n) is 2.59. The van der Waals surface area contributed by atoms with Crippen LogP contribution in [0.1, 0.15) is 11.5 Å². The van der Waals surface area contributed by atoms with Crippen molar-refractivity contribution >= 4 is 28.4 Å². The lowest BCUT2D eigenvalue weighted by molar-refractivity contribution is -0.189. The molecule has 0 spiro atoms. The van der Waals surface area contributed by atoms with Crippen molar-refractivity contribution < 1.29 is 22.7 Å². The lowest BCUT2D eigenvalue weighted by Gasteiger charge is -2.40. The van der Waals surface area contributed by atoms with Gasteiger partial charge in [0.05, 0.1) is 12.6 Å². The number of nitrogens with zero attached hydrogens (tertiary/aromatic N) is 3. The Kier molecular flexibility index (Phi) is 3.79. The van der Waals surface area contributed by atoms with Crippen molar-refractivity contribution in [1.29, 1.82) is 0 Å². The summed E-state index contributed by atoms with van der Waals surface area (Å²) in [6, 6.07) is 3.36. The molecule has 9 heteroatoms. The summed E-state index contributed by atoms with van der Waals surface area (Å²) in [5.41, 5.74) is 1.26. The van der Waals surface area contributed by atoms with Gasteiger partial charge in [-0.25, -0.2) is 9.97 Å². The minimum absolute atomic E-state index is 0.0223. The highest BCUT2D eigenvalue weighted by Crippen LogP contribution is 2.38. The monoisotopic (exact) mass is 345 g/mol. The zero-order valence-corrected chi connectivity index (χ0v) is 12.6. The minimum atomic E-state index is -4.85. The van der Waals surface area contributed by atoms with E-state index >= 15 is 0 Å². The van der Waals surface area contributed by atoms with Gasteiger partial charge in [0.15, 0.2) is 0 Å². The molecule has 0 bridgehead atoms. The van der Waals surface area contributed by atoms with Crippen molar-refractivity contribution in [3.8, 4) is 5.75 Å². The summed E-state index contributed by atoms with van der Waals surface area (Å²) in [7, 11) is 1.46. The molecule has 0 saturated carbocycles. The first-order valence-electron chi connectivity index (χ1n) is 6.65. The van der Waals surface area contributed by atoms with Crippen LogP contribution in [-0.4, -0.2) is 47.2 Å². The number of rotatable bonds is 2. The van der Waals surface area contributed by atoms with Gasteiger partial charge in [0.2, 0.25) is 0 Å². The topological polar surface area (TPSA) is 55.3 Å². The van der Waals surface area contributed by atoms with E-state index in [1.165, 1.54) is 13.4 Å². The maximum absolute atomic E-state index is 12.4. The molecule has 1 aromatic heterocycles. The highest BCUT2D eigenvalue weighted by molar-refractivity contribution is 6.34. The number of methoxy groups -OCH3 is 1. The van der Waals surface area contributed by atoms with Gasteiger partial charge in [0, 0.05) is 36.0 Å². The summed E-state index contributed by atoms with van der Waals surface area (Å²) in [6.45, 7) is -0.0446. The predicted molar refractivity (Wildman–Crippen MR) is 76.5 cm³/mol. The van der Waals surface area contributed by atoms with Crippen LogP contribution in [0.15, 0.2) is 18.5 Å². The van der Waals surface area contributed by atoms with Crippen LogP contribution < -0.4 is 4.74 Å². The third-order valence-electron chi connectivity index (χ3n) is 3.79. The Bertz CT molecular complexity index is 776. The number of likely N-dealkylation sites (tertiary alicyclic amines) is 1. The van der Waals surface area contributed by atoms with E-state index in [9.17, 15) is 18.0 Å². The van der Waals surface area contributed by atoms with E-state index in [-0.39, 0.29) is 24.2 Å². The Hall–Kier alpha value is -2.09. The van der Waals surface area contributed by atoms with Gasteiger partial charge in [-0.05, 0) is 6.07 Å². The van der Waals surface area contributed by atoms with E-state index in [1.807, 2.05) is 0 Å². The number of benzene rings is 1. The normalized spacial score (nSPS) is 15.6. The average Bonchev–Trinajstić information content (AvgIpc) is 2.44. The highest BCUT2D eigenvalue weighted by Gasteiger charge is 2.47. The molecule has 1 amide bonds. The standard InChI is InChI=1S/C14H11ClF3N3O2/c1-23-11-3-10-9(12(15)20-6-19-10)2-8(11)7-4-21(5-7)13(22)14(16,17)18/h2-3,6-7H,4-5H2,1H3. The number of halogens is 4. The molecule has 1 fully saturated rings. The second-order valence-corrected chi connectivity index (χ2v) is 5.54. The smallest absolute Gasteiger partial charge is 0.471 e. The molecule has 2 heterocycles. The SMILES string of the molecule is COc1cc2ncnc(Cl)c2cc1C1CN(C(=O)C(F)(F)F)C1. The van der Waals surface area contributed by atoms with Crippen LogP contribution in [0.2, 0.25) is 5.15 Å². The summed E-state index contributed by atoms with van der Waals surface area (Å²) in [6.07, 6.45) is -3.54. The number of hydrogen-bond acceptors (Lipinski definition) is 4. The van der Waals surface area contributed by atoms with E-state index in [4.69, 9.17) is 16.3 Å². The van der Waals surface area contributed by atoms with Crippen molar-refractivity contribution in [1.82, 2.24) is 14.9 Å². The lowest BCUT2D eigenvalue weighted by Crippen LogP contribution is -2.53. The van der Waals surface area contributed by atoms with Gasteiger partial charge < -0.3 is 9.64 Å². The first-order chi connectivity index (χ1) is 10.8. The van der Waals surface area contributed by atoms with Crippen molar-refractivity contribution in [3.63, 3.8) is 0 Å². The summed E-state index contributed by atoms with van der Waals surface area (Å²) < 4.78 is 42.5. The number of amides is 1. The Morgan fingerprint density at radius 2 is 2.04 bits per heavy atom. The molecule has 1 aromatic carbocycles. The molecule has 1 aliphatic rings. The summed E-state index contributed by atoms with van der Waals surface area (Å²) in [4.78, 5) is 19.9. The first kappa shape index (κ1) is 15.8. The third-order valence-corrected chi connectivity index (χ3v) is 4.09. The average molecular weight is 346 g/mol. The molecule has 0 radical (unpaired) electrons. The van der Waals surface area contributed by atoms with E-state index < -0.39 is 12.1 Å². The molecule has 2 aromatic rings. The molecule has 1 aliphatic heterocycles. The zero-order valence-electron chi connectivity index (χ0n) is 11.9. The van der Waals surface area contributed by atoms with Crippen molar-refractivity contribution in [2.45, 2.75) is 12.1 Å². The zero-order chi connectivity index (χ0) is 16.8. The molecule has 0 aliphatic carbocycles. The fraction of sp³-hybridized carbons (Fsp3) is 0.357. The lowest BCUT2D eigenvalue weighted by atomic mass is 9.89. The van der Waals surface area contributed by atoms with E-state index in [0.717, 1.165) is 4.90 Å². The number of fused-ring (bicyclic) bond motifs is 1. The van der Waals surface area contributed by atoms with Crippen LogP contribution in [-0.2, 0) is 4.79 Å². The van der Waals surface area contributed by atoms with Gasteiger partial charge in [-0.2, -0.15) is 13.2 Å². The molecule has 0 N–H and O–H groups in total. The number of aromatic nitrogens is 2. The highest BCUT2D eigenvalue weighted by atomic mass is 35.5. The quantitative estimate of drug-likeness (QED) is 0.785. The largest absolute Gasteiger partial charge is 0.496 e. The van der Waals surface area contributed by atoms with Crippen molar-refractivity contribution in [2.24, 2.45) is 0 Å². The number of hydrogen-bond donors (Lipinski definition) is 0. The fourth-order valence-corrected chi connectivity index (χ4v) is 2.78. The van der Waals surface area contributed by atoms with Gasteiger partial charge in [0.1, 0.15) is 17.2 Å². The van der Waals surface area contributed by atoms with Crippen LogP contribution >= 0.6 is 11.6 Å².